The van der Waals surface area contributed by atoms with Crippen molar-refractivity contribution in [1.82, 2.24) is 4.98 Å². The minimum absolute atomic E-state index is 0.205. The lowest BCUT2D eigenvalue weighted by atomic mass is 10.0. The van der Waals surface area contributed by atoms with Gasteiger partial charge in [-0.15, -0.1) is 0 Å². The summed E-state index contributed by atoms with van der Waals surface area (Å²) in [7, 11) is 0. The third-order valence-electron chi connectivity index (χ3n) is 2.61. The number of nitrogens with zero attached hydrogens (tertiary/aromatic N) is 1. The van der Waals surface area contributed by atoms with Gasteiger partial charge in [-0.2, -0.15) is 0 Å². The molecule has 0 radical (unpaired) electrons. The predicted molar refractivity (Wildman–Crippen MR) is 70.5 cm³/mol. The second-order valence-corrected chi connectivity index (χ2v) is 5.13. The molecule has 0 spiro atoms. The second-order valence-electron chi connectivity index (χ2n) is 4.22. The van der Waals surface area contributed by atoms with E-state index in [1.807, 2.05) is 26.0 Å². The Bertz CT molecular complexity index is 593. The molecule has 0 fully saturated rings. The molecule has 3 nitrogen and oxygen atoms in total. The summed E-state index contributed by atoms with van der Waals surface area (Å²) in [6.07, 6.45) is 0. The first-order valence-electron chi connectivity index (χ1n) is 5.32. The normalized spacial score (nSPS) is 11.1. The Morgan fingerprint density at radius 1 is 1.35 bits per heavy atom. The van der Waals surface area contributed by atoms with Crippen LogP contribution in [-0.4, -0.2) is 16.1 Å². The van der Waals surface area contributed by atoms with Crippen LogP contribution in [0.2, 0.25) is 0 Å². The number of fused-ring (bicyclic) bond motifs is 1. The molecule has 0 amide bonds. The third kappa shape index (κ3) is 2.31. The standard InChI is InChI=1S/C13H12BrNO2/c1-7(2)11-6-10(13(16)17)9-4-3-8(14)5-12(9)15-11/h3-7H,1-2H3,(H,16,17). The molecule has 88 valence electrons. The molecule has 1 heterocycles. The molecule has 17 heavy (non-hydrogen) atoms. The first-order chi connectivity index (χ1) is 7.99. The largest absolute Gasteiger partial charge is 0.478 e. The lowest BCUT2D eigenvalue weighted by Crippen LogP contribution is -2.03. The zero-order chi connectivity index (χ0) is 12.6. The van der Waals surface area contributed by atoms with Crippen molar-refractivity contribution >= 4 is 32.8 Å². The van der Waals surface area contributed by atoms with E-state index in [1.165, 1.54) is 0 Å². The number of carbonyl (C=O) groups is 1. The Kier molecular flexibility index (Phi) is 3.15. The van der Waals surface area contributed by atoms with E-state index in [0.29, 0.717) is 16.5 Å². The zero-order valence-electron chi connectivity index (χ0n) is 9.57. The van der Waals surface area contributed by atoms with Gasteiger partial charge in [0.1, 0.15) is 0 Å². The van der Waals surface area contributed by atoms with Gasteiger partial charge in [0.15, 0.2) is 0 Å². The van der Waals surface area contributed by atoms with Gasteiger partial charge in [-0.05, 0) is 24.1 Å². The van der Waals surface area contributed by atoms with E-state index in [9.17, 15) is 9.90 Å². The van der Waals surface area contributed by atoms with E-state index < -0.39 is 5.97 Å². The van der Waals surface area contributed by atoms with Crippen LogP contribution in [0.5, 0.6) is 0 Å². The smallest absolute Gasteiger partial charge is 0.336 e. The fraction of sp³-hybridized carbons (Fsp3) is 0.231. The summed E-state index contributed by atoms with van der Waals surface area (Å²) in [5.74, 6) is -0.710. The average molecular weight is 294 g/mol. The SMILES string of the molecule is CC(C)c1cc(C(=O)O)c2ccc(Br)cc2n1. The van der Waals surface area contributed by atoms with Gasteiger partial charge in [-0.1, -0.05) is 35.8 Å². The molecule has 0 aliphatic rings. The van der Waals surface area contributed by atoms with Crippen LogP contribution in [0.1, 0.15) is 35.8 Å². The monoisotopic (exact) mass is 293 g/mol. The molecule has 0 aliphatic carbocycles. The maximum absolute atomic E-state index is 11.2. The topological polar surface area (TPSA) is 50.2 Å². The number of halogens is 1. The summed E-state index contributed by atoms with van der Waals surface area (Å²) in [5.41, 5.74) is 1.82. The van der Waals surface area contributed by atoms with Gasteiger partial charge in [0, 0.05) is 15.6 Å². The Morgan fingerprint density at radius 2 is 2.06 bits per heavy atom. The van der Waals surface area contributed by atoms with Gasteiger partial charge in [-0.3, -0.25) is 4.98 Å². The van der Waals surface area contributed by atoms with Crippen LogP contribution >= 0.6 is 15.9 Å². The first-order valence-corrected chi connectivity index (χ1v) is 6.12. The number of aromatic nitrogens is 1. The van der Waals surface area contributed by atoms with Gasteiger partial charge in [0.2, 0.25) is 0 Å². The molecule has 2 aromatic rings. The molecule has 0 saturated heterocycles. The lowest BCUT2D eigenvalue weighted by molar-refractivity contribution is 0.0699. The molecule has 0 unspecified atom stereocenters. The van der Waals surface area contributed by atoms with Crippen LogP contribution in [0.3, 0.4) is 0 Å². The van der Waals surface area contributed by atoms with Gasteiger partial charge in [0.25, 0.3) is 0 Å². The summed E-state index contributed by atoms with van der Waals surface area (Å²) < 4.78 is 0.898. The Labute approximate surface area is 108 Å². The van der Waals surface area contributed by atoms with Gasteiger partial charge < -0.3 is 5.11 Å². The fourth-order valence-corrected chi connectivity index (χ4v) is 2.04. The quantitative estimate of drug-likeness (QED) is 0.916. The van der Waals surface area contributed by atoms with Crippen molar-refractivity contribution < 1.29 is 9.90 Å². The molecule has 4 heteroatoms. The maximum atomic E-state index is 11.2. The number of carboxylic acids is 1. The summed E-state index contributed by atoms with van der Waals surface area (Å²) in [6, 6.07) is 7.10. The van der Waals surface area contributed by atoms with Crippen LogP contribution < -0.4 is 0 Å². The van der Waals surface area contributed by atoms with Crippen LogP contribution in [0.25, 0.3) is 10.9 Å². The Morgan fingerprint density at radius 3 is 2.65 bits per heavy atom. The van der Waals surface area contributed by atoms with E-state index in [2.05, 4.69) is 20.9 Å². The lowest BCUT2D eigenvalue weighted by Gasteiger charge is -2.09. The highest BCUT2D eigenvalue weighted by molar-refractivity contribution is 9.10. The van der Waals surface area contributed by atoms with Gasteiger partial charge in [-0.25, -0.2) is 4.79 Å². The molecule has 1 aromatic heterocycles. The summed E-state index contributed by atoms with van der Waals surface area (Å²) in [6.45, 7) is 4.00. The highest BCUT2D eigenvalue weighted by Gasteiger charge is 2.13. The molecule has 0 bridgehead atoms. The second kappa shape index (κ2) is 4.45. The number of hydrogen-bond acceptors (Lipinski definition) is 2. The number of rotatable bonds is 2. The molecule has 0 atom stereocenters. The van der Waals surface area contributed by atoms with E-state index in [4.69, 9.17) is 0 Å². The van der Waals surface area contributed by atoms with Gasteiger partial charge in [0.05, 0.1) is 11.1 Å². The molecular weight excluding hydrogens is 282 g/mol. The van der Waals surface area contributed by atoms with Gasteiger partial charge >= 0.3 is 5.97 Å². The van der Waals surface area contributed by atoms with E-state index in [-0.39, 0.29) is 5.92 Å². The van der Waals surface area contributed by atoms with E-state index >= 15 is 0 Å². The van der Waals surface area contributed by atoms with Crippen LogP contribution in [-0.2, 0) is 0 Å². The van der Waals surface area contributed by atoms with Crippen LogP contribution in [0.15, 0.2) is 28.7 Å². The molecule has 0 saturated carbocycles. The third-order valence-corrected chi connectivity index (χ3v) is 3.11. The molecule has 2 rings (SSSR count). The first kappa shape index (κ1) is 12.0. The van der Waals surface area contributed by atoms with Crippen molar-refractivity contribution in [1.29, 1.82) is 0 Å². The van der Waals surface area contributed by atoms with Crippen molar-refractivity contribution in [2.45, 2.75) is 19.8 Å². The molecular formula is C13H12BrNO2. The highest BCUT2D eigenvalue weighted by atomic mass is 79.9. The van der Waals surface area contributed by atoms with Crippen molar-refractivity contribution in [2.75, 3.05) is 0 Å². The molecule has 0 aliphatic heterocycles. The average Bonchev–Trinajstić information content (AvgIpc) is 2.26. The predicted octanol–water partition coefficient (Wildman–Crippen LogP) is 3.82. The van der Waals surface area contributed by atoms with E-state index in [1.54, 1.807) is 12.1 Å². The Hall–Kier alpha value is -1.42. The molecule has 1 N–H and O–H groups in total. The number of aromatic carboxylic acids is 1. The number of benzene rings is 1. The minimum atomic E-state index is -0.915. The molecule has 1 aromatic carbocycles. The maximum Gasteiger partial charge on any atom is 0.336 e. The highest BCUT2D eigenvalue weighted by Crippen LogP contribution is 2.25. The number of hydrogen-bond donors (Lipinski definition) is 1. The van der Waals surface area contributed by atoms with Crippen LogP contribution in [0, 0.1) is 0 Å². The van der Waals surface area contributed by atoms with Crippen molar-refractivity contribution in [3.05, 3.63) is 40.0 Å². The summed E-state index contributed by atoms with van der Waals surface area (Å²) in [5, 5.41) is 9.89. The Balaban J connectivity index is 2.81. The van der Waals surface area contributed by atoms with Crippen molar-refractivity contribution in [3.8, 4) is 0 Å². The zero-order valence-corrected chi connectivity index (χ0v) is 11.2. The summed E-state index contributed by atoms with van der Waals surface area (Å²) in [4.78, 5) is 15.7. The van der Waals surface area contributed by atoms with Crippen molar-refractivity contribution in [2.24, 2.45) is 0 Å². The summed E-state index contributed by atoms with van der Waals surface area (Å²) >= 11 is 3.37. The number of pyridine rings is 1. The number of carboxylic acid groups (broad SMARTS) is 1. The minimum Gasteiger partial charge on any atom is -0.478 e. The van der Waals surface area contributed by atoms with Crippen LogP contribution in [0.4, 0.5) is 0 Å². The van der Waals surface area contributed by atoms with Crippen molar-refractivity contribution in [3.63, 3.8) is 0 Å². The van der Waals surface area contributed by atoms with E-state index in [0.717, 1.165) is 10.2 Å². The fourth-order valence-electron chi connectivity index (χ4n) is 1.69.